The van der Waals surface area contributed by atoms with Gasteiger partial charge in [-0.1, -0.05) is 23.4 Å². The number of fused-ring (bicyclic) bond motifs is 1. The van der Waals surface area contributed by atoms with E-state index in [0.717, 1.165) is 37.6 Å². The Labute approximate surface area is 227 Å². The van der Waals surface area contributed by atoms with Gasteiger partial charge in [0.25, 0.3) is 0 Å². The molecule has 39 heavy (non-hydrogen) atoms. The Morgan fingerprint density at radius 2 is 1.95 bits per heavy atom. The zero-order valence-electron chi connectivity index (χ0n) is 23.0. The van der Waals surface area contributed by atoms with Crippen LogP contribution in [0.2, 0.25) is 0 Å². The Morgan fingerprint density at radius 3 is 2.59 bits per heavy atom. The lowest BCUT2D eigenvalue weighted by Crippen LogP contribution is -2.34. The lowest BCUT2D eigenvalue weighted by atomic mass is 10.1. The molecule has 3 aromatic rings. The molecule has 2 aromatic heterocycles. The molecule has 1 aliphatic rings. The monoisotopic (exact) mass is 536 g/mol. The number of anilines is 1. The number of amides is 1. The van der Waals surface area contributed by atoms with Crippen molar-refractivity contribution in [2.75, 3.05) is 33.0 Å². The SMILES string of the molecule is CC(C)(C)OC(=O)N1CCCC1.CN/C=C\C=C(/C=O)Cn1cc(-c2nc(N)nc3c(OC)cccc23)nn1. The van der Waals surface area contributed by atoms with E-state index in [-0.39, 0.29) is 24.2 Å². The number of hydrogen-bond donors (Lipinski definition) is 2. The number of rotatable bonds is 7. The first kappa shape index (κ1) is 29.1. The normalized spacial score (nSPS) is 13.8. The van der Waals surface area contributed by atoms with Crippen LogP contribution < -0.4 is 15.8 Å². The average molecular weight is 537 g/mol. The Morgan fingerprint density at radius 1 is 1.21 bits per heavy atom. The van der Waals surface area contributed by atoms with Crippen LogP contribution in [-0.2, 0) is 16.1 Å². The molecule has 1 fully saturated rings. The van der Waals surface area contributed by atoms with Crippen molar-refractivity contribution in [1.29, 1.82) is 0 Å². The summed E-state index contributed by atoms with van der Waals surface area (Å²) in [6.07, 6.45) is 9.71. The van der Waals surface area contributed by atoms with Gasteiger partial charge in [-0.05, 0) is 52.0 Å². The first-order valence-corrected chi connectivity index (χ1v) is 12.6. The molecule has 1 aliphatic heterocycles. The molecule has 1 aromatic carbocycles. The maximum atomic E-state index is 11.4. The number of nitrogen functional groups attached to an aromatic ring is 1. The Hall–Kier alpha value is -4.48. The third-order valence-corrected chi connectivity index (χ3v) is 5.53. The second kappa shape index (κ2) is 13.4. The molecule has 3 heterocycles. The number of carbonyl (C=O) groups excluding carboxylic acids is 2. The molecular weight excluding hydrogens is 500 g/mol. The van der Waals surface area contributed by atoms with Crippen LogP contribution in [0.5, 0.6) is 5.75 Å². The summed E-state index contributed by atoms with van der Waals surface area (Å²) in [5.74, 6) is 0.708. The van der Waals surface area contributed by atoms with Gasteiger partial charge in [-0.2, -0.15) is 0 Å². The fourth-order valence-electron chi connectivity index (χ4n) is 3.80. The summed E-state index contributed by atoms with van der Waals surface area (Å²) in [6.45, 7) is 7.67. The number of ether oxygens (including phenoxy) is 2. The molecule has 0 aliphatic carbocycles. The van der Waals surface area contributed by atoms with Gasteiger partial charge in [-0.3, -0.25) is 4.79 Å². The highest BCUT2D eigenvalue weighted by Gasteiger charge is 2.24. The zero-order chi connectivity index (χ0) is 28.4. The van der Waals surface area contributed by atoms with Crippen LogP contribution in [0.25, 0.3) is 22.3 Å². The van der Waals surface area contributed by atoms with E-state index < -0.39 is 0 Å². The van der Waals surface area contributed by atoms with Crippen LogP contribution in [0.3, 0.4) is 0 Å². The van der Waals surface area contributed by atoms with Crippen molar-refractivity contribution in [2.24, 2.45) is 0 Å². The van der Waals surface area contributed by atoms with Gasteiger partial charge in [0.15, 0.2) is 0 Å². The van der Waals surface area contributed by atoms with Gasteiger partial charge in [0.2, 0.25) is 5.95 Å². The van der Waals surface area contributed by atoms with Gasteiger partial charge < -0.3 is 25.4 Å². The first-order chi connectivity index (χ1) is 18.6. The van der Waals surface area contributed by atoms with Crippen LogP contribution >= 0.6 is 0 Å². The fourth-order valence-corrected chi connectivity index (χ4v) is 3.80. The number of benzene rings is 1. The summed E-state index contributed by atoms with van der Waals surface area (Å²) in [5.41, 5.74) is 7.72. The number of para-hydroxylation sites is 1. The molecule has 12 nitrogen and oxygen atoms in total. The van der Waals surface area contributed by atoms with Crippen molar-refractivity contribution in [3.8, 4) is 17.1 Å². The van der Waals surface area contributed by atoms with Crippen LogP contribution in [0.1, 0.15) is 33.6 Å². The van der Waals surface area contributed by atoms with Crippen molar-refractivity contribution in [3.63, 3.8) is 0 Å². The molecule has 4 rings (SSSR count). The van der Waals surface area contributed by atoms with Crippen LogP contribution in [0.4, 0.5) is 10.7 Å². The van der Waals surface area contributed by atoms with Crippen LogP contribution in [-0.4, -0.2) is 75.1 Å². The predicted octanol–water partition coefficient (Wildman–Crippen LogP) is 3.35. The number of aromatic nitrogens is 5. The third-order valence-electron chi connectivity index (χ3n) is 5.53. The predicted molar refractivity (Wildman–Crippen MR) is 149 cm³/mol. The minimum atomic E-state index is -0.361. The molecular formula is C27H36N8O4. The van der Waals surface area contributed by atoms with Gasteiger partial charge in [0, 0.05) is 31.1 Å². The van der Waals surface area contributed by atoms with Crippen LogP contribution in [0, 0.1) is 0 Å². The lowest BCUT2D eigenvalue weighted by molar-refractivity contribution is -0.105. The van der Waals surface area contributed by atoms with Crippen molar-refractivity contribution in [3.05, 3.63) is 48.3 Å². The van der Waals surface area contributed by atoms with E-state index in [1.54, 1.807) is 54.4 Å². The summed E-state index contributed by atoms with van der Waals surface area (Å²) in [7, 11) is 3.35. The van der Waals surface area contributed by atoms with Gasteiger partial charge >= 0.3 is 6.09 Å². The minimum absolute atomic E-state index is 0.113. The maximum Gasteiger partial charge on any atom is 0.410 e. The standard InChI is InChI=1S/C18H19N7O2.C9H17NO2/c1-20-8-4-5-12(11-26)9-25-10-14(23-24-25)16-13-6-3-7-15(27-2)17(13)22-18(19)21-16;1-9(2,3)12-8(11)10-6-4-5-7-10/h3-8,10-11,20H,9H2,1-2H3,(H2,19,21,22);4-7H2,1-3H3/b8-4-,12-5-;. The molecule has 0 bridgehead atoms. The molecule has 0 atom stereocenters. The number of aldehydes is 1. The number of carbonyl (C=O) groups is 2. The van der Waals surface area contributed by atoms with Gasteiger partial charge in [0.05, 0.1) is 19.9 Å². The van der Waals surface area contributed by atoms with Crippen molar-refractivity contribution >= 4 is 29.2 Å². The van der Waals surface area contributed by atoms with Crippen molar-refractivity contribution in [1.82, 2.24) is 35.2 Å². The second-order valence-corrected chi connectivity index (χ2v) is 9.77. The minimum Gasteiger partial charge on any atom is -0.494 e. The number of hydrogen-bond acceptors (Lipinski definition) is 10. The quantitative estimate of drug-likeness (QED) is 0.261. The molecule has 1 amide bonds. The van der Waals surface area contributed by atoms with Gasteiger partial charge in [-0.15, -0.1) is 5.10 Å². The Kier molecular flexibility index (Phi) is 9.96. The molecule has 0 spiro atoms. The molecule has 0 unspecified atom stereocenters. The molecule has 0 saturated carbocycles. The number of nitrogens with zero attached hydrogens (tertiary/aromatic N) is 6. The Bertz CT molecular complexity index is 1340. The number of methoxy groups -OCH3 is 1. The fraction of sp³-hybridized carbons (Fsp3) is 0.407. The van der Waals surface area contributed by atoms with Gasteiger partial charge in [-0.25, -0.2) is 19.4 Å². The molecule has 208 valence electrons. The van der Waals surface area contributed by atoms with Crippen LogP contribution in [0.15, 0.2) is 48.3 Å². The van der Waals surface area contributed by atoms with E-state index in [9.17, 15) is 9.59 Å². The first-order valence-electron chi connectivity index (χ1n) is 12.6. The smallest absolute Gasteiger partial charge is 0.410 e. The average Bonchev–Trinajstić information content (AvgIpc) is 3.60. The maximum absolute atomic E-state index is 11.4. The molecule has 1 saturated heterocycles. The summed E-state index contributed by atoms with van der Waals surface area (Å²) in [6, 6.07) is 5.51. The van der Waals surface area contributed by atoms with E-state index in [4.69, 9.17) is 15.2 Å². The lowest BCUT2D eigenvalue weighted by Gasteiger charge is -2.23. The zero-order valence-corrected chi connectivity index (χ0v) is 23.0. The van der Waals surface area contributed by atoms with E-state index in [1.807, 2.05) is 32.9 Å². The van der Waals surface area contributed by atoms with Crippen molar-refractivity contribution in [2.45, 2.75) is 45.8 Å². The number of allylic oxidation sites excluding steroid dienone is 3. The highest BCUT2D eigenvalue weighted by atomic mass is 16.6. The van der Waals surface area contributed by atoms with Gasteiger partial charge in [0.1, 0.15) is 34.5 Å². The van der Waals surface area contributed by atoms with E-state index in [2.05, 4.69) is 25.6 Å². The summed E-state index contributed by atoms with van der Waals surface area (Å²) in [4.78, 5) is 32.9. The number of nitrogens with two attached hydrogens (primary N) is 1. The largest absolute Gasteiger partial charge is 0.494 e. The van der Waals surface area contributed by atoms with Crippen molar-refractivity contribution < 1.29 is 19.1 Å². The highest BCUT2D eigenvalue weighted by Crippen LogP contribution is 2.30. The number of likely N-dealkylation sites (tertiary alicyclic amines) is 1. The van der Waals surface area contributed by atoms with E-state index in [0.29, 0.717) is 28.2 Å². The molecule has 0 radical (unpaired) electrons. The summed E-state index contributed by atoms with van der Waals surface area (Å²) < 4.78 is 12.1. The molecule has 12 heteroatoms. The third kappa shape index (κ3) is 8.25. The summed E-state index contributed by atoms with van der Waals surface area (Å²) >= 11 is 0. The molecule has 3 N–H and O–H groups in total. The second-order valence-electron chi connectivity index (χ2n) is 9.77. The summed E-state index contributed by atoms with van der Waals surface area (Å²) in [5, 5.41) is 11.9. The highest BCUT2D eigenvalue weighted by molar-refractivity contribution is 5.95. The topological polar surface area (TPSA) is 150 Å². The van der Waals surface area contributed by atoms with E-state index >= 15 is 0 Å². The van der Waals surface area contributed by atoms with E-state index in [1.165, 1.54) is 0 Å². The number of nitrogens with one attached hydrogen (secondary N) is 1. The Balaban J connectivity index is 0.000000293.